The van der Waals surface area contributed by atoms with Gasteiger partial charge in [0.05, 0.1) is 0 Å². The van der Waals surface area contributed by atoms with Gasteiger partial charge in [0, 0.05) is 19.3 Å². The van der Waals surface area contributed by atoms with E-state index in [-0.39, 0.29) is 0 Å². The maximum atomic E-state index is 5.22. The van der Waals surface area contributed by atoms with Gasteiger partial charge in [-0.05, 0) is 31.7 Å². The van der Waals surface area contributed by atoms with E-state index in [1.807, 2.05) is 0 Å². The number of nitrogens with one attached hydrogen (secondary N) is 1. The molecule has 15 heavy (non-hydrogen) atoms. The van der Waals surface area contributed by atoms with Gasteiger partial charge in [-0.1, -0.05) is 33.1 Å². The Kier molecular flexibility index (Phi) is 5.62. The summed E-state index contributed by atoms with van der Waals surface area (Å²) < 4.78 is 5.22. The number of rotatable bonds is 7. The Hall–Kier alpha value is -0.0800. The average Bonchev–Trinajstić information content (AvgIpc) is 2.72. The molecule has 2 heteroatoms. The van der Waals surface area contributed by atoms with Crippen molar-refractivity contribution in [1.82, 2.24) is 5.32 Å². The quantitative estimate of drug-likeness (QED) is 0.702. The molecule has 0 aromatic rings. The number of hydrogen-bond acceptors (Lipinski definition) is 2. The van der Waals surface area contributed by atoms with Crippen LogP contribution in [-0.4, -0.2) is 25.8 Å². The van der Waals surface area contributed by atoms with Gasteiger partial charge < -0.3 is 10.1 Å². The smallest absolute Gasteiger partial charge is 0.0479 e. The lowest BCUT2D eigenvalue weighted by Gasteiger charge is -2.31. The monoisotopic (exact) mass is 213 g/mol. The molecule has 1 N–H and O–H groups in total. The summed E-state index contributed by atoms with van der Waals surface area (Å²) in [5.41, 5.74) is 0.402. The third kappa shape index (κ3) is 4.12. The highest BCUT2D eigenvalue weighted by molar-refractivity contribution is 4.92. The van der Waals surface area contributed by atoms with Crippen LogP contribution in [0.15, 0.2) is 0 Å². The fraction of sp³-hybridized carbons (Fsp3) is 1.00. The molecule has 0 aromatic carbocycles. The molecule has 1 atom stereocenters. The molecule has 1 unspecified atom stereocenters. The van der Waals surface area contributed by atoms with Crippen LogP contribution in [0.4, 0.5) is 0 Å². The fourth-order valence-corrected chi connectivity index (χ4v) is 2.40. The maximum absolute atomic E-state index is 5.22. The lowest BCUT2D eigenvalue weighted by atomic mass is 9.92. The molecule has 1 fully saturated rings. The summed E-state index contributed by atoms with van der Waals surface area (Å²) in [6, 6.07) is 0. The third-order valence-corrected chi connectivity index (χ3v) is 3.87. The average molecular weight is 213 g/mol. The van der Waals surface area contributed by atoms with E-state index >= 15 is 0 Å². The topological polar surface area (TPSA) is 21.3 Å². The molecule has 0 bridgehead atoms. The fourth-order valence-electron chi connectivity index (χ4n) is 2.40. The molecule has 2 nitrogen and oxygen atoms in total. The maximum Gasteiger partial charge on any atom is 0.0479 e. The van der Waals surface area contributed by atoms with Crippen LogP contribution >= 0.6 is 0 Å². The predicted molar refractivity (Wildman–Crippen MR) is 65.1 cm³/mol. The molecule has 0 aliphatic heterocycles. The molecule has 0 amide bonds. The predicted octanol–water partition coefficient (Wildman–Crippen LogP) is 2.97. The highest BCUT2D eigenvalue weighted by Crippen LogP contribution is 2.32. The molecule has 0 heterocycles. The lowest BCUT2D eigenvalue weighted by Crippen LogP contribution is -2.45. The minimum absolute atomic E-state index is 0.402. The summed E-state index contributed by atoms with van der Waals surface area (Å²) in [6.45, 7) is 6.66. The zero-order valence-corrected chi connectivity index (χ0v) is 10.6. The number of methoxy groups -OCH3 is 1. The van der Waals surface area contributed by atoms with Gasteiger partial charge in [0.2, 0.25) is 0 Å². The van der Waals surface area contributed by atoms with Gasteiger partial charge in [0.15, 0.2) is 0 Å². The van der Waals surface area contributed by atoms with Gasteiger partial charge in [-0.25, -0.2) is 0 Å². The van der Waals surface area contributed by atoms with Gasteiger partial charge in [-0.2, -0.15) is 0 Å². The highest BCUT2D eigenvalue weighted by atomic mass is 16.5. The van der Waals surface area contributed by atoms with Crippen LogP contribution in [0.2, 0.25) is 0 Å². The van der Waals surface area contributed by atoms with Crippen molar-refractivity contribution in [2.75, 3.05) is 20.3 Å². The first kappa shape index (κ1) is 13.0. The summed E-state index contributed by atoms with van der Waals surface area (Å²) in [6.07, 6.45) is 7.90. The first-order valence-electron chi connectivity index (χ1n) is 6.46. The summed E-state index contributed by atoms with van der Waals surface area (Å²) in [7, 11) is 1.80. The van der Waals surface area contributed by atoms with E-state index in [9.17, 15) is 0 Å². The van der Waals surface area contributed by atoms with E-state index in [4.69, 9.17) is 4.74 Å². The SMILES string of the molecule is CCC(C)CNC1(CCOC)CCCC1. The Morgan fingerprint density at radius 1 is 1.33 bits per heavy atom. The van der Waals surface area contributed by atoms with Crippen molar-refractivity contribution in [3.05, 3.63) is 0 Å². The van der Waals surface area contributed by atoms with E-state index in [0.717, 1.165) is 12.5 Å². The van der Waals surface area contributed by atoms with Crippen molar-refractivity contribution in [2.24, 2.45) is 5.92 Å². The van der Waals surface area contributed by atoms with Crippen LogP contribution in [0.1, 0.15) is 52.4 Å². The van der Waals surface area contributed by atoms with E-state index in [1.165, 1.54) is 45.1 Å². The van der Waals surface area contributed by atoms with Crippen molar-refractivity contribution >= 4 is 0 Å². The van der Waals surface area contributed by atoms with Gasteiger partial charge in [0.1, 0.15) is 0 Å². The standard InChI is InChI=1S/C13H27NO/c1-4-12(2)11-14-13(9-10-15-3)7-5-6-8-13/h12,14H,4-11H2,1-3H3. The zero-order chi connectivity index (χ0) is 11.1. The molecule has 90 valence electrons. The molecule has 1 aliphatic rings. The first-order valence-corrected chi connectivity index (χ1v) is 6.46. The molecular formula is C13H27NO. The minimum Gasteiger partial charge on any atom is -0.385 e. The van der Waals surface area contributed by atoms with E-state index in [0.29, 0.717) is 5.54 Å². The summed E-state index contributed by atoms with van der Waals surface area (Å²) >= 11 is 0. The lowest BCUT2D eigenvalue weighted by molar-refractivity contribution is 0.152. The van der Waals surface area contributed by atoms with Crippen molar-refractivity contribution in [3.63, 3.8) is 0 Å². The van der Waals surface area contributed by atoms with Gasteiger partial charge in [0.25, 0.3) is 0 Å². The number of hydrogen-bond donors (Lipinski definition) is 1. The van der Waals surface area contributed by atoms with Gasteiger partial charge in [-0.15, -0.1) is 0 Å². The van der Waals surface area contributed by atoms with Crippen molar-refractivity contribution in [2.45, 2.75) is 57.9 Å². The highest BCUT2D eigenvalue weighted by Gasteiger charge is 2.32. The van der Waals surface area contributed by atoms with Crippen LogP contribution < -0.4 is 5.32 Å². The van der Waals surface area contributed by atoms with E-state index in [1.54, 1.807) is 7.11 Å². The second-order valence-corrected chi connectivity index (χ2v) is 5.12. The third-order valence-electron chi connectivity index (χ3n) is 3.87. The van der Waals surface area contributed by atoms with E-state index in [2.05, 4.69) is 19.2 Å². The molecule has 0 saturated heterocycles. The van der Waals surface area contributed by atoms with Crippen LogP contribution in [-0.2, 0) is 4.74 Å². The summed E-state index contributed by atoms with van der Waals surface area (Å²) in [4.78, 5) is 0. The zero-order valence-electron chi connectivity index (χ0n) is 10.6. The van der Waals surface area contributed by atoms with Gasteiger partial charge in [-0.3, -0.25) is 0 Å². The molecular weight excluding hydrogens is 186 g/mol. The normalized spacial score (nSPS) is 21.8. The van der Waals surface area contributed by atoms with Crippen molar-refractivity contribution in [1.29, 1.82) is 0 Å². The van der Waals surface area contributed by atoms with Crippen molar-refractivity contribution < 1.29 is 4.74 Å². The molecule has 1 rings (SSSR count). The van der Waals surface area contributed by atoms with Crippen LogP contribution in [0, 0.1) is 5.92 Å². The molecule has 1 aliphatic carbocycles. The first-order chi connectivity index (χ1) is 7.22. The largest absolute Gasteiger partial charge is 0.385 e. The van der Waals surface area contributed by atoms with E-state index < -0.39 is 0 Å². The van der Waals surface area contributed by atoms with Crippen LogP contribution in [0.5, 0.6) is 0 Å². The second-order valence-electron chi connectivity index (χ2n) is 5.12. The minimum atomic E-state index is 0.402. The molecule has 1 saturated carbocycles. The summed E-state index contributed by atoms with van der Waals surface area (Å²) in [5, 5.41) is 3.80. The summed E-state index contributed by atoms with van der Waals surface area (Å²) in [5.74, 6) is 0.796. The Bertz CT molecular complexity index is 164. The number of ether oxygens (including phenoxy) is 1. The van der Waals surface area contributed by atoms with Crippen LogP contribution in [0.3, 0.4) is 0 Å². The Morgan fingerprint density at radius 2 is 2.00 bits per heavy atom. The van der Waals surface area contributed by atoms with Gasteiger partial charge >= 0.3 is 0 Å². The second kappa shape index (κ2) is 6.49. The Balaban J connectivity index is 2.35. The Labute approximate surface area is 94.8 Å². The molecule has 0 radical (unpaired) electrons. The van der Waals surface area contributed by atoms with Crippen molar-refractivity contribution in [3.8, 4) is 0 Å². The van der Waals surface area contributed by atoms with Crippen LogP contribution in [0.25, 0.3) is 0 Å². The molecule has 0 spiro atoms. The Morgan fingerprint density at radius 3 is 2.53 bits per heavy atom. The molecule has 0 aromatic heterocycles.